The number of ether oxygens (including phenoxy) is 2. The topological polar surface area (TPSA) is 92.5 Å². The Morgan fingerprint density at radius 1 is 1.16 bits per heavy atom. The van der Waals surface area contributed by atoms with Gasteiger partial charge in [0.1, 0.15) is 19.0 Å². The molecule has 31 heavy (non-hydrogen) atoms. The molecule has 162 valence electrons. The number of H-pyrrole nitrogens is 1. The summed E-state index contributed by atoms with van der Waals surface area (Å²) in [6, 6.07) is 15.7. The summed E-state index contributed by atoms with van der Waals surface area (Å²) in [5.74, 6) is 0.755. The minimum absolute atomic E-state index is 0.0153. The molecule has 7 heteroatoms. The Morgan fingerprint density at radius 2 is 2.00 bits per heavy atom. The molecule has 0 saturated heterocycles. The van der Waals surface area contributed by atoms with Crippen LogP contribution in [0, 0.1) is 0 Å². The van der Waals surface area contributed by atoms with Crippen LogP contribution in [0.2, 0.25) is 0 Å². The highest BCUT2D eigenvalue weighted by atomic mass is 16.5. The Balaban J connectivity index is 1.26. The van der Waals surface area contributed by atoms with Gasteiger partial charge < -0.3 is 25.1 Å². The monoisotopic (exact) mass is 421 g/mol. The van der Waals surface area contributed by atoms with Gasteiger partial charge in [-0.05, 0) is 42.5 Å². The molecule has 0 bridgehead atoms. The van der Waals surface area contributed by atoms with Crippen molar-refractivity contribution in [2.45, 2.75) is 38.8 Å². The summed E-state index contributed by atoms with van der Waals surface area (Å²) in [6.45, 7) is 2.50. The third kappa shape index (κ3) is 5.36. The van der Waals surface area contributed by atoms with E-state index in [1.165, 1.54) is 16.6 Å². The number of nitrogens with one attached hydrogen (secondary N) is 3. The molecule has 0 radical (unpaired) electrons. The van der Waals surface area contributed by atoms with Crippen molar-refractivity contribution in [2.24, 2.45) is 0 Å². The lowest BCUT2D eigenvalue weighted by molar-refractivity contribution is -0.119. The van der Waals surface area contributed by atoms with Crippen LogP contribution >= 0.6 is 0 Å². The maximum Gasteiger partial charge on any atom is 0.407 e. The quantitative estimate of drug-likeness (QED) is 0.510. The van der Waals surface area contributed by atoms with Crippen LogP contribution in [0.25, 0.3) is 10.9 Å². The molecule has 1 aromatic heterocycles. The van der Waals surface area contributed by atoms with Gasteiger partial charge in [0.05, 0.1) is 6.54 Å². The van der Waals surface area contributed by atoms with Gasteiger partial charge in [-0.3, -0.25) is 4.79 Å². The van der Waals surface area contributed by atoms with Gasteiger partial charge in [-0.15, -0.1) is 0 Å². The summed E-state index contributed by atoms with van der Waals surface area (Å²) in [5.41, 5.74) is 4.48. The standard InChI is InChI=1S/C24H27N3O4/c1-16(28)26-18-7-10-22-21(13-18)20-9-8-19(14-23(20)27-22)30-12-11-25-24(29)31-15-17-5-3-2-4-6-17/h2-6,8-9,14,18,27H,7,10-13,15H2,1H3,(H,25,29)(H,26,28). The summed E-state index contributed by atoms with van der Waals surface area (Å²) in [4.78, 5) is 26.6. The smallest absolute Gasteiger partial charge is 0.407 e. The van der Waals surface area contributed by atoms with Gasteiger partial charge in [-0.1, -0.05) is 30.3 Å². The summed E-state index contributed by atoms with van der Waals surface area (Å²) in [5, 5.41) is 6.89. The Morgan fingerprint density at radius 3 is 2.81 bits per heavy atom. The van der Waals surface area contributed by atoms with Crippen molar-refractivity contribution in [1.82, 2.24) is 15.6 Å². The molecule has 3 N–H and O–H groups in total. The third-order valence-corrected chi connectivity index (χ3v) is 5.42. The zero-order valence-corrected chi connectivity index (χ0v) is 17.6. The number of rotatable bonds is 7. The first-order valence-electron chi connectivity index (χ1n) is 10.6. The SMILES string of the molecule is CC(=O)NC1CCc2[nH]c3cc(OCCNC(=O)OCc4ccccc4)ccc3c2C1. The minimum Gasteiger partial charge on any atom is -0.492 e. The molecule has 7 nitrogen and oxygen atoms in total. The third-order valence-electron chi connectivity index (χ3n) is 5.42. The van der Waals surface area contributed by atoms with E-state index in [1.807, 2.05) is 42.5 Å². The number of carbonyl (C=O) groups is 2. The van der Waals surface area contributed by atoms with Crippen LogP contribution in [0.5, 0.6) is 5.75 Å². The highest BCUT2D eigenvalue weighted by molar-refractivity contribution is 5.86. The van der Waals surface area contributed by atoms with Crippen LogP contribution in [-0.4, -0.2) is 36.2 Å². The summed E-state index contributed by atoms with van der Waals surface area (Å²) in [6.07, 6.45) is 2.23. The second-order valence-electron chi connectivity index (χ2n) is 7.77. The Hall–Kier alpha value is -3.48. The van der Waals surface area contributed by atoms with Crippen LogP contribution < -0.4 is 15.4 Å². The predicted molar refractivity (Wildman–Crippen MR) is 118 cm³/mol. The van der Waals surface area contributed by atoms with Crippen LogP contribution in [0.4, 0.5) is 4.79 Å². The molecule has 3 aromatic rings. The Bertz CT molecular complexity index is 1060. The van der Waals surface area contributed by atoms with Gasteiger partial charge >= 0.3 is 6.09 Å². The predicted octanol–water partition coefficient (Wildman–Crippen LogP) is 3.47. The van der Waals surface area contributed by atoms with Crippen LogP contribution in [0.3, 0.4) is 0 Å². The first-order chi connectivity index (χ1) is 15.1. The lowest BCUT2D eigenvalue weighted by Gasteiger charge is -2.23. The molecule has 0 saturated carbocycles. The van der Waals surface area contributed by atoms with Gasteiger partial charge in [0.2, 0.25) is 5.91 Å². The van der Waals surface area contributed by atoms with Crippen molar-refractivity contribution in [2.75, 3.05) is 13.2 Å². The largest absolute Gasteiger partial charge is 0.492 e. The van der Waals surface area contributed by atoms with E-state index < -0.39 is 6.09 Å². The number of aromatic nitrogens is 1. The van der Waals surface area contributed by atoms with Crippen molar-refractivity contribution < 1.29 is 19.1 Å². The van der Waals surface area contributed by atoms with E-state index in [2.05, 4.69) is 21.7 Å². The van der Waals surface area contributed by atoms with Gasteiger partial charge in [-0.25, -0.2) is 4.79 Å². The zero-order chi connectivity index (χ0) is 21.6. The molecule has 1 aliphatic rings. The second kappa shape index (κ2) is 9.55. The van der Waals surface area contributed by atoms with E-state index in [4.69, 9.17) is 9.47 Å². The Kier molecular flexibility index (Phi) is 6.40. The molecule has 2 aromatic carbocycles. The van der Waals surface area contributed by atoms with Gasteiger partial charge in [0, 0.05) is 35.6 Å². The average Bonchev–Trinajstić information content (AvgIpc) is 3.13. The van der Waals surface area contributed by atoms with Crippen molar-refractivity contribution in [3.05, 3.63) is 65.4 Å². The molecule has 1 aliphatic carbocycles. The van der Waals surface area contributed by atoms with Crippen LogP contribution in [0.15, 0.2) is 48.5 Å². The second-order valence-corrected chi connectivity index (χ2v) is 7.77. The lowest BCUT2D eigenvalue weighted by atomic mass is 9.91. The van der Waals surface area contributed by atoms with Gasteiger partial charge in [-0.2, -0.15) is 0 Å². The molecular formula is C24H27N3O4. The highest BCUT2D eigenvalue weighted by Crippen LogP contribution is 2.31. The fraction of sp³-hybridized carbons (Fsp3) is 0.333. The molecule has 4 rings (SSSR count). The average molecular weight is 421 g/mol. The molecule has 0 spiro atoms. The van der Waals surface area contributed by atoms with E-state index in [1.54, 1.807) is 6.92 Å². The van der Waals surface area contributed by atoms with Gasteiger partial charge in [0.15, 0.2) is 0 Å². The number of fused-ring (bicyclic) bond motifs is 3. The molecule has 2 amide bonds. The first-order valence-corrected chi connectivity index (χ1v) is 10.6. The van der Waals surface area contributed by atoms with Crippen molar-refractivity contribution in [1.29, 1.82) is 0 Å². The van der Waals surface area contributed by atoms with E-state index in [0.717, 1.165) is 36.1 Å². The molecule has 1 heterocycles. The molecule has 1 atom stereocenters. The zero-order valence-electron chi connectivity index (χ0n) is 17.6. The summed E-state index contributed by atoms with van der Waals surface area (Å²) < 4.78 is 11.0. The first kappa shape index (κ1) is 20.8. The molecular weight excluding hydrogens is 394 g/mol. The summed E-state index contributed by atoms with van der Waals surface area (Å²) in [7, 11) is 0. The molecule has 0 fully saturated rings. The van der Waals surface area contributed by atoms with E-state index in [0.29, 0.717) is 13.2 Å². The molecule has 0 aliphatic heterocycles. The van der Waals surface area contributed by atoms with Gasteiger partial charge in [0.25, 0.3) is 0 Å². The maximum absolute atomic E-state index is 11.8. The fourth-order valence-corrected chi connectivity index (χ4v) is 4.00. The highest BCUT2D eigenvalue weighted by Gasteiger charge is 2.23. The lowest BCUT2D eigenvalue weighted by Crippen LogP contribution is -2.37. The number of alkyl carbamates (subject to hydrolysis) is 1. The maximum atomic E-state index is 11.8. The van der Waals surface area contributed by atoms with Crippen LogP contribution in [0.1, 0.15) is 30.2 Å². The number of hydrogen-bond acceptors (Lipinski definition) is 4. The minimum atomic E-state index is -0.464. The van der Waals surface area contributed by atoms with Crippen molar-refractivity contribution in [3.63, 3.8) is 0 Å². The number of amides is 2. The van der Waals surface area contributed by atoms with Crippen molar-refractivity contribution >= 4 is 22.9 Å². The van der Waals surface area contributed by atoms with E-state index >= 15 is 0 Å². The Labute approximate surface area is 181 Å². The van der Waals surface area contributed by atoms with E-state index in [9.17, 15) is 9.59 Å². The molecule has 1 unspecified atom stereocenters. The van der Waals surface area contributed by atoms with E-state index in [-0.39, 0.29) is 18.6 Å². The number of carbonyl (C=O) groups excluding carboxylic acids is 2. The fourth-order valence-electron chi connectivity index (χ4n) is 4.00. The van der Waals surface area contributed by atoms with Crippen LogP contribution in [-0.2, 0) is 29.0 Å². The number of aromatic amines is 1. The normalized spacial score (nSPS) is 15.2. The van der Waals surface area contributed by atoms with Crippen molar-refractivity contribution in [3.8, 4) is 5.75 Å². The number of aryl methyl sites for hydroxylation is 1. The number of benzene rings is 2. The number of hydrogen-bond donors (Lipinski definition) is 3. The summed E-state index contributed by atoms with van der Waals surface area (Å²) >= 11 is 0.